The number of carboxylic acid groups (broad SMARTS) is 1. The molecule has 0 aromatic heterocycles. The van der Waals surface area contributed by atoms with Gasteiger partial charge in [-0.2, -0.15) is 0 Å². The van der Waals surface area contributed by atoms with Crippen molar-refractivity contribution in [3.8, 4) is 5.75 Å². The number of aliphatic hydroxyl groups excluding tert-OH is 1. The molecule has 1 fully saturated rings. The van der Waals surface area contributed by atoms with Gasteiger partial charge in [-0.15, -0.1) is 6.58 Å². The number of carbonyl (C=O) groups is 9. The van der Waals surface area contributed by atoms with Crippen LogP contribution in [-0.2, 0) is 59.0 Å². The van der Waals surface area contributed by atoms with E-state index in [0.717, 1.165) is 109 Å². The van der Waals surface area contributed by atoms with Crippen LogP contribution in [0.5, 0.6) is 5.75 Å². The van der Waals surface area contributed by atoms with E-state index < -0.39 is 66.2 Å². The second-order valence-corrected chi connectivity index (χ2v) is 19.9. The lowest BCUT2D eigenvalue weighted by Crippen LogP contribution is -2.54. The molecule has 1 aliphatic heterocycles. The van der Waals surface area contributed by atoms with Gasteiger partial charge in [0.05, 0.1) is 26.3 Å². The smallest absolute Gasteiger partial charge is 0.329 e. The van der Waals surface area contributed by atoms with E-state index in [1.165, 1.54) is 12.0 Å². The second-order valence-electron chi connectivity index (χ2n) is 19.9. The Hall–Kier alpha value is -6.63. The van der Waals surface area contributed by atoms with Crippen LogP contribution in [0, 0.1) is 5.92 Å². The van der Waals surface area contributed by atoms with E-state index in [1.807, 2.05) is 6.08 Å². The number of aliphatic carboxylic acids is 1. The van der Waals surface area contributed by atoms with Crippen LogP contribution in [-0.4, -0.2) is 127 Å². The van der Waals surface area contributed by atoms with Gasteiger partial charge in [-0.1, -0.05) is 120 Å². The van der Waals surface area contributed by atoms with Crippen LogP contribution < -0.4 is 26.0 Å². The molecule has 0 saturated heterocycles. The summed E-state index contributed by atoms with van der Waals surface area (Å²) in [5.41, 5.74) is 1.18. The molecule has 2 aromatic carbocycles. The number of aliphatic hydroxyl groups is 1. The molecule has 4 unspecified atom stereocenters. The van der Waals surface area contributed by atoms with E-state index >= 15 is 0 Å². The molecule has 2 aliphatic rings. The maximum Gasteiger partial charge on any atom is 0.329 e. The number of methoxy groups -OCH3 is 1. The molecular formula is C59H89N5O14. The first kappa shape index (κ1) is 67.5. The number of Topliss-reactive ketones (excluding diaryl/α,β-unsaturated/α-hetero) is 1. The summed E-state index contributed by atoms with van der Waals surface area (Å²) in [4.78, 5) is 115. The minimum Gasteiger partial charge on any atom is -0.494 e. The fraction of sp³-hybridized carbons (Fsp3) is 0.610. The van der Waals surface area contributed by atoms with Gasteiger partial charge in [0.25, 0.3) is 11.8 Å². The Labute approximate surface area is 461 Å². The van der Waals surface area contributed by atoms with Crippen LogP contribution in [0.3, 0.4) is 0 Å². The number of nitrogens with zero attached hydrogens (tertiary/aromatic N) is 1. The van der Waals surface area contributed by atoms with E-state index in [1.54, 1.807) is 75.6 Å². The van der Waals surface area contributed by atoms with Gasteiger partial charge in [-0.3, -0.25) is 38.4 Å². The minimum absolute atomic E-state index is 0.0617. The number of carboxylic acids is 1. The van der Waals surface area contributed by atoms with Gasteiger partial charge in [0.15, 0.2) is 6.10 Å². The molecule has 2 aromatic rings. The summed E-state index contributed by atoms with van der Waals surface area (Å²) >= 11 is 0. The number of cyclic esters (lactones) is 1. The molecule has 2 bridgehead atoms. The molecule has 19 heteroatoms. The van der Waals surface area contributed by atoms with Gasteiger partial charge in [0, 0.05) is 46.4 Å². The highest BCUT2D eigenvalue weighted by atomic mass is 16.6. The molecule has 1 saturated carbocycles. The summed E-state index contributed by atoms with van der Waals surface area (Å²) in [7, 11) is 4.53. The average molecular weight is 1090 g/mol. The zero-order chi connectivity index (χ0) is 57.5. The lowest BCUT2D eigenvalue weighted by molar-refractivity contribution is -0.160. The Balaban J connectivity index is 0.000000785. The van der Waals surface area contributed by atoms with Crippen molar-refractivity contribution in [1.29, 1.82) is 0 Å². The van der Waals surface area contributed by atoms with Gasteiger partial charge in [-0.25, -0.2) is 4.79 Å². The third kappa shape index (κ3) is 28.7. The highest BCUT2D eigenvalue weighted by molar-refractivity contribution is 6.38. The molecule has 4 rings (SSSR count). The number of likely N-dealkylation sites (N-methyl/N-ethyl adjacent to an activating group) is 1. The van der Waals surface area contributed by atoms with Gasteiger partial charge < -0.3 is 50.6 Å². The predicted octanol–water partition coefficient (Wildman–Crippen LogP) is 7.16. The second kappa shape index (κ2) is 40.6. The Kier molecular flexibility index (Phi) is 35.1. The lowest BCUT2D eigenvalue weighted by Gasteiger charge is -2.31. The molecule has 1 aliphatic carbocycles. The predicted molar refractivity (Wildman–Crippen MR) is 296 cm³/mol. The Morgan fingerprint density at radius 3 is 2.17 bits per heavy atom. The maximum absolute atomic E-state index is 14.0. The van der Waals surface area contributed by atoms with E-state index in [-0.39, 0.29) is 56.0 Å². The number of amides is 5. The molecule has 1 heterocycles. The van der Waals surface area contributed by atoms with Crippen LogP contribution in [0.1, 0.15) is 172 Å². The third-order valence-electron chi connectivity index (χ3n) is 13.2. The fourth-order valence-corrected chi connectivity index (χ4v) is 8.78. The SMILES string of the molecule is C=CCCCCCC(=O)OC.CCCC(NC(=O)C1Cc2cccc(c2)OCCCCCCC(=O)NC(C2CCCCC2)C(=O)O1)C(=O)C(=O)NCC(=O)NC(C(=O)N(C)C)c1ccccc1.O=C(O)CCCCCCCO. The van der Waals surface area contributed by atoms with Crippen LogP contribution in [0.2, 0.25) is 0 Å². The topological polar surface area (TPSA) is 273 Å². The monoisotopic (exact) mass is 1090 g/mol. The summed E-state index contributed by atoms with van der Waals surface area (Å²) in [5, 5.41) is 27.2. The number of ketones is 1. The van der Waals surface area contributed by atoms with Crippen LogP contribution >= 0.6 is 0 Å². The number of rotatable bonds is 25. The number of fused-ring (bicyclic) bond motifs is 2. The summed E-state index contributed by atoms with van der Waals surface area (Å²) in [5.74, 6) is -5.34. The number of benzene rings is 2. The van der Waals surface area contributed by atoms with Crippen molar-refractivity contribution in [1.82, 2.24) is 26.2 Å². The molecule has 5 amide bonds. The zero-order valence-electron chi connectivity index (χ0n) is 46.7. The zero-order valence-corrected chi connectivity index (χ0v) is 46.7. The first-order chi connectivity index (χ1) is 37.5. The summed E-state index contributed by atoms with van der Waals surface area (Å²) in [6.45, 7) is 5.52. The standard InChI is InChI=1S/C42H57N5O9.C9H16O2.C8H16O3/c1-4-16-32(38(50)40(52)43-27-35(49)46-36(41(53)47(2)3)29-18-9-7-10-19-29)44-39(51)33-26-28-17-15-22-31(25-28)55-24-14-6-5-13-23-34(48)45-37(42(54)56-33)30-20-11-8-12-21-30;1-3-4-5-6-7-8-9(10)11-2;9-7-5-3-1-2-4-6-8(10)11/h7,9-10,15,17-19,22,25,30,32-33,36-37H,4-6,8,11-14,16,20-21,23-24,26-27H2,1-3H3,(H,43,52)(H,44,51)(H,45,48)(H,46,49);3H,1,4-8H2,2H3;9H,1-7H2,(H,10,11). The first-order valence-electron chi connectivity index (χ1n) is 27.9. The largest absolute Gasteiger partial charge is 0.494 e. The van der Waals surface area contributed by atoms with Crippen LogP contribution in [0.25, 0.3) is 0 Å². The van der Waals surface area contributed by atoms with Gasteiger partial charge in [0.1, 0.15) is 17.8 Å². The molecule has 0 radical (unpaired) electrons. The molecular weight excluding hydrogens is 1000 g/mol. The Morgan fingerprint density at radius 1 is 0.833 bits per heavy atom. The maximum atomic E-state index is 14.0. The van der Waals surface area contributed by atoms with Crippen molar-refractivity contribution in [3.05, 3.63) is 78.4 Å². The van der Waals surface area contributed by atoms with Crippen molar-refractivity contribution in [2.24, 2.45) is 5.92 Å². The molecule has 6 N–H and O–H groups in total. The fourth-order valence-electron chi connectivity index (χ4n) is 8.78. The van der Waals surface area contributed by atoms with E-state index in [4.69, 9.17) is 19.7 Å². The molecule has 434 valence electrons. The van der Waals surface area contributed by atoms with Crippen LogP contribution in [0.4, 0.5) is 0 Å². The van der Waals surface area contributed by atoms with Crippen molar-refractivity contribution in [3.63, 3.8) is 0 Å². The minimum atomic E-state index is -1.42. The number of nitrogens with one attached hydrogen (secondary N) is 4. The molecule has 19 nitrogen and oxygen atoms in total. The third-order valence-corrected chi connectivity index (χ3v) is 13.2. The molecule has 78 heavy (non-hydrogen) atoms. The van der Waals surface area contributed by atoms with Gasteiger partial charge in [0.2, 0.25) is 23.5 Å². The number of ether oxygens (including phenoxy) is 3. The van der Waals surface area contributed by atoms with Crippen molar-refractivity contribution < 1.29 is 67.6 Å². The van der Waals surface area contributed by atoms with Crippen molar-refractivity contribution in [2.45, 2.75) is 185 Å². The molecule has 0 spiro atoms. The van der Waals surface area contributed by atoms with E-state index in [9.17, 15) is 43.2 Å². The summed E-state index contributed by atoms with van der Waals surface area (Å²) < 4.78 is 16.4. The number of hydrogen-bond acceptors (Lipinski definition) is 13. The van der Waals surface area contributed by atoms with Crippen LogP contribution in [0.15, 0.2) is 67.3 Å². The lowest BCUT2D eigenvalue weighted by atomic mass is 9.83. The summed E-state index contributed by atoms with van der Waals surface area (Å²) in [6.07, 6.45) is 18.3. The summed E-state index contributed by atoms with van der Waals surface area (Å²) in [6, 6.07) is 12.5. The number of esters is 2. The Morgan fingerprint density at radius 2 is 1.50 bits per heavy atom. The van der Waals surface area contributed by atoms with E-state index in [0.29, 0.717) is 42.7 Å². The highest BCUT2D eigenvalue weighted by Gasteiger charge is 2.37. The molecule has 4 atom stereocenters. The normalized spacial score (nSPS) is 16.8. The van der Waals surface area contributed by atoms with E-state index in [2.05, 4.69) is 32.6 Å². The first-order valence-corrected chi connectivity index (χ1v) is 27.9. The highest BCUT2D eigenvalue weighted by Crippen LogP contribution is 2.28. The van der Waals surface area contributed by atoms with Gasteiger partial charge in [-0.05, 0) is 93.4 Å². The van der Waals surface area contributed by atoms with Gasteiger partial charge >= 0.3 is 17.9 Å². The Bertz CT molecular complexity index is 2150. The number of unbranched alkanes of at least 4 members (excludes halogenated alkanes) is 7. The number of allylic oxidation sites excluding steroid dienone is 1. The van der Waals surface area contributed by atoms with Crippen molar-refractivity contribution in [2.75, 3.05) is 41.0 Å². The number of hydrogen-bond donors (Lipinski definition) is 6. The average Bonchev–Trinajstić information content (AvgIpc) is 3.45. The van der Waals surface area contributed by atoms with Crippen molar-refractivity contribution >= 4 is 53.2 Å². The number of carbonyl (C=O) groups excluding carboxylic acids is 8. The quantitative estimate of drug-likeness (QED) is 0.0249.